The third kappa shape index (κ3) is 3.18. The lowest BCUT2D eigenvalue weighted by molar-refractivity contribution is 0.0938. The molecule has 5 heteroatoms. The van der Waals surface area contributed by atoms with Crippen LogP contribution in [0, 0.1) is 13.8 Å². The first-order chi connectivity index (χ1) is 14.1. The minimum absolute atomic E-state index is 0.0296. The molecule has 0 radical (unpaired) electrons. The number of nitrogens with one attached hydrogen (secondary N) is 1. The van der Waals surface area contributed by atoms with Gasteiger partial charge in [0, 0.05) is 24.2 Å². The van der Waals surface area contributed by atoms with Gasteiger partial charge in [-0.05, 0) is 72.7 Å². The largest absolute Gasteiger partial charge is 0.345 e. The molecule has 1 aliphatic carbocycles. The van der Waals surface area contributed by atoms with E-state index in [-0.39, 0.29) is 11.9 Å². The van der Waals surface area contributed by atoms with Crippen molar-refractivity contribution in [2.45, 2.75) is 32.7 Å². The van der Waals surface area contributed by atoms with Crippen molar-refractivity contribution in [3.63, 3.8) is 0 Å². The van der Waals surface area contributed by atoms with Crippen molar-refractivity contribution in [2.24, 2.45) is 0 Å². The average Bonchev–Trinajstić information content (AvgIpc) is 3.31. The SMILES string of the molecule is Cc1cncc(-c2ccc3c(c2)CC[C@H]3NC(=O)c2cnn3ccc(C)cc23)c1. The van der Waals surface area contributed by atoms with Crippen LogP contribution in [0.3, 0.4) is 0 Å². The van der Waals surface area contributed by atoms with E-state index < -0.39 is 0 Å². The molecule has 1 atom stereocenters. The molecule has 0 unspecified atom stereocenters. The van der Waals surface area contributed by atoms with Gasteiger partial charge < -0.3 is 5.32 Å². The van der Waals surface area contributed by atoms with Crippen LogP contribution < -0.4 is 5.32 Å². The van der Waals surface area contributed by atoms with Gasteiger partial charge in [-0.15, -0.1) is 0 Å². The number of benzene rings is 1. The Balaban J connectivity index is 1.40. The lowest BCUT2D eigenvalue weighted by atomic mass is 10.00. The lowest BCUT2D eigenvalue weighted by Gasteiger charge is -2.14. The van der Waals surface area contributed by atoms with Gasteiger partial charge in [-0.1, -0.05) is 18.2 Å². The van der Waals surface area contributed by atoms with Gasteiger partial charge in [0.15, 0.2) is 0 Å². The smallest absolute Gasteiger partial charge is 0.255 e. The van der Waals surface area contributed by atoms with Crippen molar-refractivity contribution in [1.82, 2.24) is 19.9 Å². The molecule has 1 aromatic carbocycles. The van der Waals surface area contributed by atoms with Crippen LogP contribution >= 0.6 is 0 Å². The molecule has 0 aliphatic heterocycles. The van der Waals surface area contributed by atoms with E-state index in [9.17, 15) is 4.79 Å². The first-order valence-electron chi connectivity index (χ1n) is 9.88. The van der Waals surface area contributed by atoms with Crippen LogP contribution in [0.25, 0.3) is 16.6 Å². The van der Waals surface area contributed by atoms with Gasteiger partial charge in [-0.25, -0.2) is 4.52 Å². The Morgan fingerprint density at radius 2 is 1.93 bits per heavy atom. The third-order valence-corrected chi connectivity index (χ3v) is 5.66. The molecule has 5 nitrogen and oxygen atoms in total. The number of carbonyl (C=O) groups is 1. The Hall–Kier alpha value is -3.47. The number of aromatic nitrogens is 3. The molecule has 0 fully saturated rings. The zero-order chi connectivity index (χ0) is 20.0. The molecule has 1 aliphatic rings. The number of pyridine rings is 2. The summed E-state index contributed by atoms with van der Waals surface area (Å²) in [6.07, 6.45) is 9.17. The molecule has 1 N–H and O–H groups in total. The molecule has 144 valence electrons. The van der Waals surface area contributed by atoms with Crippen LogP contribution in [0.15, 0.2) is 61.2 Å². The number of carbonyl (C=O) groups excluding carboxylic acids is 1. The second kappa shape index (κ2) is 6.85. The first kappa shape index (κ1) is 17.6. The zero-order valence-corrected chi connectivity index (χ0v) is 16.5. The van der Waals surface area contributed by atoms with E-state index >= 15 is 0 Å². The number of hydrogen-bond donors (Lipinski definition) is 1. The van der Waals surface area contributed by atoms with Crippen molar-refractivity contribution < 1.29 is 4.79 Å². The van der Waals surface area contributed by atoms with Crippen molar-refractivity contribution >= 4 is 11.4 Å². The molecule has 5 rings (SSSR count). The number of fused-ring (bicyclic) bond motifs is 2. The standard InChI is InChI=1S/C24H22N4O/c1-15-7-8-28-23(10-15)21(14-26-28)24(29)27-22-6-4-18-11-17(3-5-20(18)22)19-9-16(2)12-25-13-19/h3,5,7-14,22H,4,6H2,1-2H3,(H,27,29)/t22-/m1/s1. The van der Waals surface area contributed by atoms with E-state index in [4.69, 9.17) is 0 Å². The summed E-state index contributed by atoms with van der Waals surface area (Å²) in [6.45, 7) is 4.07. The Labute approximate surface area is 169 Å². The van der Waals surface area contributed by atoms with Gasteiger partial charge in [0.05, 0.1) is 23.3 Å². The number of aryl methyl sites for hydroxylation is 3. The highest BCUT2D eigenvalue weighted by atomic mass is 16.1. The number of hydrogen-bond acceptors (Lipinski definition) is 3. The predicted octanol–water partition coefficient (Wildman–Crippen LogP) is 4.43. The van der Waals surface area contributed by atoms with Crippen LogP contribution in [0.5, 0.6) is 0 Å². The highest BCUT2D eigenvalue weighted by molar-refractivity contribution is 6.01. The normalized spacial score (nSPS) is 15.4. The fourth-order valence-electron chi connectivity index (χ4n) is 4.16. The van der Waals surface area contributed by atoms with Gasteiger partial charge in [0.1, 0.15) is 0 Å². The van der Waals surface area contributed by atoms with Gasteiger partial charge in [0.25, 0.3) is 5.91 Å². The van der Waals surface area contributed by atoms with Gasteiger partial charge in [0.2, 0.25) is 0 Å². The van der Waals surface area contributed by atoms with Crippen LogP contribution in [0.2, 0.25) is 0 Å². The van der Waals surface area contributed by atoms with Crippen molar-refractivity contribution in [2.75, 3.05) is 0 Å². The van der Waals surface area contributed by atoms with E-state index in [1.54, 1.807) is 10.7 Å². The van der Waals surface area contributed by atoms with E-state index in [0.29, 0.717) is 5.56 Å². The molecule has 0 bridgehead atoms. The molecule has 4 aromatic rings. The second-order valence-corrected chi connectivity index (χ2v) is 7.82. The minimum atomic E-state index is -0.0737. The molecule has 0 saturated heterocycles. The summed E-state index contributed by atoms with van der Waals surface area (Å²) in [4.78, 5) is 17.3. The minimum Gasteiger partial charge on any atom is -0.345 e. The summed E-state index contributed by atoms with van der Waals surface area (Å²) in [7, 11) is 0. The Kier molecular flexibility index (Phi) is 4.16. The molecular formula is C24H22N4O. The summed E-state index contributed by atoms with van der Waals surface area (Å²) in [5, 5.41) is 7.51. The molecule has 1 amide bonds. The van der Waals surface area contributed by atoms with Crippen LogP contribution in [-0.4, -0.2) is 20.5 Å². The molecule has 3 heterocycles. The van der Waals surface area contributed by atoms with Crippen LogP contribution in [0.4, 0.5) is 0 Å². The Morgan fingerprint density at radius 3 is 2.79 bits per heavy atom. The summed E-state index contributed by atoms with van der Waals surface area (Å²) >= 11 is 0. The topological polar surface area (TPSA) is 59.3 Å². The predicted molar refractivity (Wildman–Crippen MR) is 113 cm³/mol. The lowest BCUT2D eigenvalue weighted by Crippen LogP contribution is -2.27. The number of nitrogens with zero attached hydrogens (tertiary/aromatic N) is 3. The zero-order valence-electron chi connectivity index (χ0n) is 16.5. The maximum Gasteiger partial charge on any atom is 0.255 e. The van der Waals surface area contributed by atoms with Crippen LogP contribution in [-0.2, 0) is 6.42 Å². The summed E-state index contributed by atoms with van der Waals surface area (Å²) in [6, 6.07) is 12.7. The third-order valence-electron chi connectivity index (χ3n) is 5.66. The van der Waals surface area contributed by atoms with Gasteiger partial charge >= 0.3 is 0 Å². The highest BCUT2D eigenvalue weighted by Gasteiger charge is 2.25. The monoisotopic (exact) mass is 382 g/mol. The molecule has 0 saturated carbocycles. The van der Waals surface area contributed by atoms with E-state index in [1.807, 2.05) is 37.6 Å². The number of rotatable bonds is 3. The Morgan fingerprint density at radius 1 is 1.03 bits per heavy atom. The molecule has 3 aromatic heterocycles. The highest BCUT2D eigenvalue weighted by Crippen LogP contribution is 2.34. The van der Waals surface area contributed by atoms with E-state index in [0.717, 1.165) is 35.0 Å². The maximum atomic E-state index is 13.0. The van der Waals surface area contributed by atoms with E-state index in [2.05, 4.69) is 46.6 Å². The fourth-order valence-corrected chi connectivity index (χ4v) is 4.16. The van der Waals surface area contributed by atoms with Gasteiger partial charge in [-0.2, -0.15) is 5.10 Å². The summed E-state index contributed by atoms with van der Waals surface area (Å²) in [5.41, 5.74) is 8.51. The Bertz CT molecular complexity index is 1240. The first-order valence-corrected chi connectivity index (χ1v) is 9.88. The van der Waals surface area contributed by atoms with Crippen molar-refractivity contribution in [3.05, 3.63) is 89.0 Å². The second-order valence-electron chi connectivity index (χ2n) is 7.82. The molecule has 0 spiro atoms. The fraction of sp³-hybridized carbons (Fsp3) is 0.208. The maximum absolute atomic E-state index is 13.0. The molecule has 29 heavy (non-hydrogen) atoms. The number of amides is 1. The molecular weight excluding hydrogens is 360 g/mol. The van der Waals surface area contributed by atoms with Crippen molar-refractivity contribution in [1.29, 1.82) is 0 Å². The van der Waals surface area contributed by atoms with E-state index in [1.165, 1.54) is 16.7 Å². The average molecular weight is 382 g/mol. The van der Waals surface area contributed by atoms with Gasteiger partial charge in [-0.3, -0.25) is 9.78 Å². The summed E-state index contributed by atoms with van der Waals surface area (Å²) in [5.74, 6) is -0.0737. The quantitative estimate of drug-likeness (QED) is 0.570. The van der Waals surface area contributed by atoms with Crippen LogP contribution in [0.1, 0.15) is 45.1 Å². The summed E-state index contributed by atoms with van der Waals surface area (Å²) < 4.78 is 1.74. The van der Waals surface area contributed by atoms with Crippen molar-refractivity contribution in [3.8, 4) is 11.1 Å².